The number of nitrogens with two attached hydrogens (primary N) is 1. The molecule has 106 valence electrons. The van der Waals surface area contributed by atoms with Gasteiger partial charge in [-0.05, 0) is 25.5 Å². The Morgan fingerprint density at radius 2 is 2.00 bits per heavy atom. The minimum atomic E-state index is 0.242. The van der Waals surface area contributed by atoms with Crippen LogP contribution in [0.4, 0.5) is 17.6 Å². The molecule has 0 aliphatic carbocycles. The monoisotopic (exact) mass is 274 g/mol. The van der Waals surface area contributed by atoms with Crippen molar-refractivity contribution in [3.8, 4) is 6.01 Å². The second kappa shape index (κ2) is 6.16. The second-order valence-corrected chi connectivity index (χ2v) is 4.16. The van der Waals surface area contributed by atoms with Crippen molar-refractivity contribution in [1.29, 1.82) is 0 Å². The third-order valence-electron chi connectivity index (χ3n) is 2.78. The van der Waals surface area contributed by atoms with Crippen molar-refractivity contribution in [1.82, 2.24) is 15.0 Å². The van der Waals surface area contributed by atoms with Crippen LogP contribution in [-0.2, 0) is 0 Å². The van der Waals surface area contributed by atoms with Gasteiger partial charge in [-0.3, -0.25) is 5.43 Å². The summed E-state index contributed by atoms with van der Waals surface area (Å²) < 4.78 is 5.32. The Kier molecular flexibility index (Phi) is 4.31. The van der Waals surface area contributed by atoms with E-state index in [0.29, 0.717) is 12.6 Å². The predicted molar refractivity (Wildman–Crippen MR) is 78.0 cm³/mol. The van der Waals surface area contributed by atoms with Crippen LogP contribution in [0, 0.1) is 6.92 Å². The average Bonchev–Trinajstić information content (AvgIpc) is 2.47. The van der Waals surface area contributed by atoms with Crippen LogP contribution in [0.5, 0.6) is 6.01 Å². The lowest BCUT2D eigenvalue weighted by molar-refractivity contribution is 0.312. The molecule has 0 bridgehead atoms. The van der Waals surface area contributed by atoms with Gasteiger partial charge in [0, 0.05) is 12.7 Å². The number of benzene rings is 1. The molecule has 2 aromatic rings. The normalized spacial score (nSPS) is 10.2. The Labute approximate surface area is 117 Å². The number of nitrogens with one attached hydrogen (secondary N) is 1. The first-order valence-corrected chi connectivity index (χ1v) is 6.30. The molecule has 0 saturated heterocycles. The second-order valence-electron chi connectivity index (χ2n) is 4.16. The zero-order valence-corrected chi connectivity index (χ0v) is 11.8. The molecule has 0 saturated carbocycles. The Bertz CT molecular complexity index is 589. The molecule has 1 aromatic heterocycles. The number of rotatable bonds is 5. The van der Waals surface area contributed by atoms with E-state index in [4.69, 9.17) is 10.6 Å². The lowest BCUT2D eigenvalue weighted by atomic mass is 10.2. The smallest absolute Gasteiger partial charge is 0.323 e. The molecule has 1 aromatic carbocycles. The van der Waals surface area contributed by atoms with Crippen molar-refractivity contribution in [3.63, 3.8) is 0 Å². The van der Waals surface area contributed by atoms with Gasteiger partial charge < -0.3 is 9.64 Å². The molecule has 0 aliphatic heterocycles. The highest BCUT2D eigenvalue weighted by Crippen LogP contribution is 2.25. The Morgan fingerprint density at radius 3 is 2.65 bits per heavy atom. The van der Waals surface area contributed by atoms with Crippen molar-refractivity contribution < 1.29 is 4.74 Å². The van der Waals surface area contributed by atoms with Crippen LogP contribution in [0.3, 0.4) is 0 Å². The summed E-state index contributed by atoms with van der Waals surface area (Å²) in [6, 6.07) is 8.21. The number of para-hydroxylation sites is 1. The van der Waals surface area contributed by atoms with Gasteiger partial charge in [0.15, 0.2) is 0 Å². The zero-order valence-electron chi connectivity index (χ0n) is 11.8. The van der Waals surface area contributed by atoms with Crippen LogP contribution >= 0.6 is 0 Å². The Hall–Kier alpha value is -2.41. The summed E-state index contributed by atoms with van der Waals surface area (Å²) in [5, 5.41) is 0. The van der Waals surface area contributed by atoms with Gasteiger partial charge >= 0.3 is 6.01 Å². The van der Waals surface area contributed by atoms with Gasteiger partial charge in [0.2, 0.25) is 11.9 Å². The molecule has 0 atom stereocenters. The quantitative estimate of drug-likeness (QED) is 0.632. The van der Waals surface area contributed by atoms with Crippen LogP contribution in [-0.4, -0.2) is 28.6 Å². The summed E-state index contributed by atoms with van der Waals surface area (Å²) in [6.07, 6.45) is 0. The average molecular weight is 274 g/mol. The summed E-state index contributed by atoms with van der Waals surface area (Å²) in [5.74, 6) is 6.10. The van der Waals surface area contributed by atoms with Gasteiger partial charge in [-0.15, -0.1) is 0 Å². The van der Waals surface area contributed by atoms with Crippen molar-refractivity contribution in [2.45, 2.75) is 13.8 Å². The highest BCUT2D eigenvalue weighted by molar-refractivity contribution is 5.61. The summed E-state index contributed by atoms with van der Waals surface area (Å²) in [6.45, 7) is 4.37. The minimum absolute atomic E-state index is 0.242. The van der Waals surface area contributed by atoms with E-state index in [0.717, 1.165) is 11.3 Å². The zero-order chi connectivity index (χ0) is 14.5. The van der Waals surface area contributed by atoms with Gasteiger partial charge in [-0.2, -0.15) is 15.0 Å². The molecule has 0 fully saturated rings. The van der Waals surface area contributed by atoms with E-state index < -0.39 is 0 Å². The third kappa shape index (κ3) is 2.94. The number of hydrogen-bond acceptors (Lipinski definition) is 7. The van der Waals surface area contributed by atoms with E-state index in [1.807, 2.05) is 50.1 Å². The highest BCUT2D eigenvalue weighted by Gasteiger charge is 2.13. The molecular formula is C13H18N6O. The van der Waals surface area contributed by atoms with Crippen LogP contribution in [0.2, 0.25) is 0 Å². The fourth-order valence-electron chi connectivity index (χ4n) is 1.80. The summed E-state index contributed by atoms with van der Waals surface area (Å²) in [4.78, 5) is 14.4. The van der Waals surface area contributed by atoms with E-state index in [-0.39, 0.29) is 12.0 Å². The number of aryl methyl sites for hydroxylation is 1. The van der Waals surface area contributed by atoms with Crippen molar-refractivity contribution in [2.75, 3.05) is 24.0 Å². The van der Waals surface area contributed by atoms with Gasteiger partial charge in [0.1, 0.15) is 0 Å². The first-order chi connectivity index (χ1) is 9.65. The maximum Gasteiger partial charge on any atom is 0.323 e. The molecule has 0 aliphatic rings. The summed E-state index contributed by atoms with van der Waals surface area (Å²) >= 11 is 0. The maximum atomic E-state index is 5.38. The van der Waals surface area contributed by atoms with Crippen LogP contribution in [0.25, 0.3) is 0 Å². The van der Waals surface area contributed by atoms with Gasteiger partial charge in [0.05, 0.1) is 6.61 Å². The molecule has 0 radical (unpaired) electrons. The number of nitrogens with zero attached hydrogens (tertiary/aromatic N) is 4. The molecule has 7 heteroatoms. The maximum absolute atomic E-state index is 5.38. The summed E-state index contributed by atoms with van der Waals surface area (Å²) in [5.41, 5.74) is 4.54. The SMILES string of the molecule is CCOc1nc(NN)nc(N(C)c2ccccc2C)n1. The number of ether oxygens (including phenoxy) is 1. The van der Waals surface area contributed by atoms with Gasteiger partial charge in [-0.25, -0.2) is 5.84 Å². The van der Waals surface area contributed by atoms with E-state index in [1.165, 1.54) is 0 Å². The number of aromatic nitrogens is 3. The van der Waals surface area contributed by atoms with E-state index >= 15 is 0 Å². The van der Waals surface area contributed by atoms with Crippen molar-refractivity contribution in [2.24, 2.45) is 5.84 Å². The van der Waals surface area contributed by atoms with E-state index in [9.17, 15) is 0 Å². The first-order valence-electron chi connectivity index (χ1n) is 6.30. The fourth-order valence-corrected chi connectivity index (χ4v) is 1.80. The standard InChI is InChI=1S/C13H18N6O/c1-4-20-13-16-11(18-14)15-12(17-13)19(3)10-8-6-5-7-9(10)2/h5-8H,4,14H2,1-3H3,(H,15,16,17,18). The lowest BCUT2D eigenvalue weighted by Crippen LogP contribution is -2.18. The van der Waals surface area contributed by atoms with Crippen molar-refractivity contribution >= 4 is 17.6 Å². The predicted octanol–water partition coefficient (Wildman–Crippen LogP) is 1.63. The third-order valence-corrected chi connectivity index (χ3v) is 2.78. The molecule has 7 nitrogen and oxygen atoms in total. The minimum Gasteiger partial charge on any atom is -0.464 e. The molecular weight excluding hydrogens is 256 g/mol. The van der Waals surface area contributed by atoms with Gasteiger partial charge in [-0.1, -0.05) is 18.2 Å². The fraction of sp³-hybridized carbons (Fsp3) is 0.308. The van der Waals surface area contributed by atoms with E-state index in [2.05, 4.69) is 20.4 Å². The molecule has 0 unspecified atom stereocenters. The number of nitrogen functional groups attached to an aromatic ring is 1. The van der Waals surface area contributed by atoms with Crippen LogP contribution in [0.1, 0.15) is 12.5 Å². The first kappa shape index (κ1) is 14.0. The molecule has 0 amide bonds. The largest absolute Gasteiger partial charge is 0.464 e. The van der Waals surface area contributed by atoms with Crippen LogP contribution in [0.15, 0.2) is 24.3 Å². The van der Waals surface area contributed by atoms with Crippen LogP contribution < -0.4 is 20.9 Å². The Balaban J connectivity index is 2.40. The molecule has 0 spiro atoms. The number of hydrazine groups is 1. The number of hydrogen-bond donors (Lipinski definition) is 2. The number of anilines is 3. The molecule has 2 rings (SSSR count). The lowest BCUT2D eigenvalue weighted by Gasteiger charge is -2.19. The Morgan fingerprint density at radius 1 is 1.25 bits per heavy atom. The van der Waals surface area contributed by atoms with Crippen molar-refractivity contribution in [3.05, 3.63) is 29.8 Å². The summed E-state index contributed by atoms with van der Waals surface area (Å²) in [7, 11) is 1.88. The van der Waals surface area contributed by atoms with E-state index in [1.54, 1.807) is 0 Å². The molecule has 1 heterocycles. The molecule has 20 heavy (non-hydrogen) atoms. The highest BCUT2D eigenvalue weighted by atomic mass is 16.5. The topological polar surface area (TPSA) is 89.2 Å². The molecule has 3 N–H and O–H groups in total. The van der Waals surface area contributed by atoms with Gasteiger partial charge in [0.25, 0.3) is 0 Å².